The van der Waals surface area contributed by atoms with Gasteiger partial charge in [-0.15, -0.1) is 0 Å². The van der Waals surface area contributed by atoms with E-state index in [4.69, 9.17) is 11.6 Å². The molecule has 1 amide bonds. The number of carbonyl (C=O) groups is 1. The standard InChI is InChI=1S/C20H21ClN4O/c1-24(2)17-10-6-15(7-11-17)20(26)23-18(19-22-12-13-25(19)3)14-4-8-16(21)9-5-14/h4-13,18H,1-3H3,(H,23,26)/t18-/m0/s1. The number of rotatable bonds is 5. The molecule has 0 radical (unpaired) electrons. The summed E-state index contributed by atoms with van der Waals surface area (Å²) >= 11 is 6.00. The van der Waals surface area contributed by atoms with Gasteiger partial charge in [0.1, 0.15) is 11.9 Å². The van der Waals surface area contributed by atoms with Crippen LogP contribution in [0.3, 0.4) is 0 Å². The number of carbonyl (C=O) groups excluding carboxylic acids is 1. The number of aromatic nitrogens is 2. The fourth-order valence-corrected chi connectivity index (χ4v) is 2.86. The SMILES string of the molecule is CN(C)c1ccc(C(=O)N[C@@H](c2ccc(Cl)cc2)c2nccn2C)cc1. The number of halogens is 1. The van der Waals surface area contributed by atoms with E-state index in [0.29, 0.717) is 10.6 Å². The van der Waals surface area contributed by atoms with Gasteiger partial charge in [0, 0.05) is 49.8 Å². The van der Waals surface area contributed by atoms with Crippen molar-refractivity contribution in [2.75, 3.05) is 19.0 Å². The third-order valence-corrected chi connectivity index (χ3v) is 4.49. The Morgan fingerprint density at radius 2 is 1.77 bits per heavy atom. The minimum atomic E-state index is -0.367. The van der Waals surface area contributed by atoms with Gasteiger partial charge in [-0.1, -0.05) is 23.7 Å². The molecular formula is C20H21ClN4O. The van der Waals surface area contributed by atoms with Crippen LogP contribution in [0.25, 0.3) is 0 Å². The molecule has 0 spiro atoms. The Kier molecular flexibility index (Phi) is 5.28. The highest BCUT2D eigenvalue weighted by Crippen LogP contribution is 2.23. The number of hydrogen-bond acceptors (Lipinski definition) is 3. The van der Waals surface area contributed by atoms with Crippen molar-refractivity contribution in [1.82, 2.24) is 14.9 Å². The molecule has 0 unspecified atom stereocenters. The molecule has 134 valence electrons. The summed E-state index contributed by atoms with van der Waals surface area (Å²) in [5.41, 5.74) is 2.56. The minimum absolute atomic E-state index is 0.154. The molecule has 1 atom stereocenters. The van der Waals surface area contributed by atoms with E-state index in [9.17, 15) is 4.79 Å². The van der Waals surface area contributed by atoms with E-state index in [0.717, 1.165) is 17.1 Å². The summed E-state index contributed by atoms with van der Waals surface area (Å²) in [7, 11) is 5.84. The van der Waals surface area contributed by atoms with Crippen molar-refractivity contribution in [2.45, 2.75) is 6.04 Å². The van der Waals surface area contributed by atoms with E-state index in [1.54, 1.807) is 6.20 Å². The third kappa shape index (κ3) is 3.89. The fourth-order valence-electron chi connectivity index (χ4n) is 2.73. The molecule has 0 saturated carbocycles. The number of anilines is 1. The number of benzene rings is 2. The molecule has 3 rings (SSSR count). The summed E-state index contributed by atoms with van der Waals surface area (Å²) in [5.74, 6) is 0.601. The summed E-state index contributed by atoms with van der Waals surface area (Å²) in [6.45, 7) is 0. The molecule has 3 aromatic rings. The molecule has 6 heteroatoms. The zero-order valence-electron chi connectivity index (χ0n) is 15.0. The molecule has 26 heavy (non-hydrogen) atoms. The number of aryl methyl sites for hydroxylation is 1. The molecule has 5 nitrogen and oxygen atoms in total. The Morgan fingerprint density at radius 1 is 1.12 bits per heavy atom. The first-order valence-electron chi connectivity index (χ1n) is 8.26. The molecular weight excluding hydrogens is 348 g/mol. The lowest BCUT2D eigenvalue weighted by atomic mass is 10.1. The molecule has 0 aliphatic rings. The lowest BCUT2D eigenvalue weighted by molar-refractivity contribution is 0.0941. The number of amides is 1. The summed E-state index contributed by atoms with van der Waals surface area (Å²) in [6.07, 6.45) is 3.58. The van der Waals surface area contributed by atoms with Crippen molar-refractivity contribution in [2.24, 2.45) is 7.05 Å². The van der Waals surface area contributed by atoms with Crippen molar-refractivity contribution in [3.63, 3.8) is 0 Å². The van der Waals surface area contributed by atoms with Gasteiger partial charge in [-0.3, -0.25) is 4.79 Å². The highest BCUT2D eigenvalue weighted by Gasteiger charge is 2.21. The summed E-state index contributed by atoms with van der Waals surface area (Å²) < 4.78 is 1.90. The maximum atomic E-state index is 12.8. The van der Waals surface area contributed by atoms with Gasteiger partial charge in [0.05, 0.1) is 0 Å². The van der Waals surface area contributed by atoms with Crippen molar-refractivity contribution in [3.05, 3.63) is 82.9 Å². The van der Waals surface area contributed by atoms with Gasteiger partial charge >= 0.3 is 0 Å². The van der Waals surface area contributed by atoms with Crippen molar-refractivity contribution < 1.29 is 4.79 Å². The van der Waals surface area contributed by atoms with E-state index < -0.39 is 0 Å². The summed E-state index contributed by atoms with van der Waals surface area (Å²) in [5, 5.41) is 3.73. The monoisotopic (exact) mass is 368 g/mol. The summed E-state index contributed by atoms with van der Waals surface area (Å²) in [6, 6.07) is 14.5. The lowest BCUT2D eigenvalue weighted by Crippen LogP contribution is -2.31. The van der Waals surface area contributed by atoms with Gasteiger partial charge in [0.15, 0.2) is 0 Å². The normalized spacial score (nSPS) is 11.8. The Hall–Kier alpha value is -2.79. The molecule has 1 N–H and O–H groups in total. The topological polar surface area (TPSA) is 50.2 Å². The predicted octanol–water partition coefficient (Wildman–Crippen LogP) is 3.66. The zero-order chi connectivity index (χ0) is 18.7. The highest BCUT2D eigenvalue weighted by atomic mass is 35.5. The molecule has 0 fully saturated rings. The van der Waals surface area contributed by atoms with Crippen LogP contribution in [0.1, 0.15) is 27.8 Å². The second kappa shape index (κ2) is 7.62. The zero-order valence-corrected chi connectivity index (χ0v) is 15.7. The van der Waals surface area contributed by atoms with Crippen LogP contribution < -0.4 is 10.2 Å². The van der Waals surface area contributed by atoms with Crippen LogP contribution in [0.4, 0.5) is 5.69 Å². The second-order valence-corrected chi connectivity index (χ2v) is 6.73. The van der Waals surface area contributed by atoms with Gasteiger partial charge in [-0.25, -0.2) is 4.98 Å². The predicted molar refractivity (Wildman–Crippen MR) is 105 cm³/mol. The average molecular weight is 369 g/mol. The number of hydrogen-bond donors (Lipinski definition) is 1. The number of nitrogens with zero attached hydrogens (tertiary/aromatic N) is 3. The van der Waals surface area contributed by atoms with Crippen LogP contribution >= 0.6 is 11.6 Å². The second-order valence-electron chi connectivity index (χ2n) is 6.30. The maximum absolute atomic E-state index is 12.8. The molecule has 0 saturated heterocycles. The Bertz CT molecular complexity index is 885. The largest absolute Gasteiger partial charge is 0.378 e. The van der Waals surface area contributed by atoms with Gasteiger partial charge in [-0.05, 0) is 42.0 Å². The van der Waals surface area contributed by atoms with Gasteiger partial charge < -0.3 is 14.8 Å². The van der Waals surface area contributed by atoms with Gasteiger partial charge in [0.2, 0.25) is 0 Å². The molecule has 0 aliphatic carbocycles. The number of imidazole rings is 1. The van der Waals surface area contributed by atoms with E-state index in [2.05, 4.69) is 10.3 Å². The first-order chi connectivity index (χ1) is 12.5. The lowest BCUT2D eigenvalue weighted by Gasteiger charge is -2.20. The molecule has 0 aliphatic heterocycles. The highest BCUT2D eigenvalue weighted by molar-refractivity contribution is 6.30. The van der Waals surface area contributed by atoms with E-state index in [1.807, 2.05) is 85.3 Å². The Labute approximate surface area is 158 Å². The molecule has 1 aromatic heterocycles. The smallest absolute Gasteiger partial charge is 0.252 e. The first kappa shape index (κ1) is 18.0. The van der Waals surface area contributed by atoms with Gasteiger partial charge in [0.25, 0.3) is 5.91 Å². The minimum Gasteiger partial charge on any atom is -0.378 e. The molecule has 1 heterocycles. The molecule has 2 aromatic carbocycles. The van der Waals surface area contributed by atoms with Crippen LogP contribution in [0.2, 0.25) is 5.02 Å². The average Bonchev–Trinajstić information content (AvgIpc) is 3.06. The maximum Gasteiger partial charge on any atom is 0.252 e. The third-order valence-electron chi connectivity index (χ3n) is 4.24. The van der Waals surface area contributed by atoms with Crippen LogP contribution in [0, 0.1) is 0 Å². The first-order valence-corrected chi connectivity index (χ1v) is 8.64. The molecule has 0 bridgehead atoms. The van der Waals surface area contributed by atoms with Crippen molar-refractivity contribution in [3.8, 4) is 0 Å². The van der Waals surface area contributed by atoms with E-state index >= 15 is 0 Å². The number of nitrogens with one attached hydrogen (secondary N) is 1. The quantitative estimate of drug-likeness (QED) is 0.747. The van der Waals surface area contributed by atoms with Crippen molar-refractivity contribution in [1.29, 1.82) is 0 Å². The van der Waals surface area contributed by atoms with Crippen LogP contribution in [0.15, 0.2) is 60.9 Å². The Balaban J connectivity index is 1.89. The van der Waals surface area contributed by atoms with Gasteiger partial charge in [-0.2, -0.15) is 0 Å². The fraction of sp³-hybridized carbons (Fsp3) is 0.200. The van der Waals surface area contributed by atoms with Crippen molar-refractivity contribution >= 4 is 23.2 Å². The Morgan fingerprint density at radius 3 is 2.31 bits per heavy atom. The van der Waals surface area contributed by atoms with E-state index in [1.165, 1.54) is 0 Å². The van der Waals surface area contributed by atoms with Crippen LogP contribution in [-0.2, 0) is 7.05 Å². The van der Waals surface area contributed by atoms with E-state index in [-0.39, 0.29) is 11.9 Å². The summed E-state index contributed by atoms with van der Waals surface area (Å²) in [4.78, 5) is 19.2. The van der Waals surface area contributed by atoms with Crippen LogP contribution in [0.5, 0.6) is 0 Å². The van der Waals surface area contributed by atoms with Crippen LogP contribution in [-0.4, -0.2) is 29.6 Å².